The van der Waals surface area contributed by atoms with E-state index < -0.39 is 0 Å². The van der Waals surface area contributed by atoms with Crippen LogP contribution in [0.15, 0.2) is 6.07 Å². The molecule has 0 aliphatic rings. The molecule has 4 N–H and O–H groups in total. The van der Waals surface area contributed by atoms with Gasteiger partial charge < -0.3 is 26.0 Å². The zero-order chi connectivity index (χ0) is 14.3. The molecule has 0 saturated carbocycles. The van der Waals surface area contributed by atoms with Crippen molar-refractivity contribution in [2.24, 2.45) is 0 Å². The van der Waals surface area contributed by atoms with Gasteiger partial charge in [-0.1, -0.05) is 0 Å². The molecule has 0 atom stereocenters. The predicted molar refractivity (Wildman–Crippen MR) is 74.1 cm³/mol. The summed E-state index contributed by atoms with van der Waals surface area (Å²) in [7, 11) is 5.08. The van der Waals surface area contributed by atoms with Crippen molar-refractivity contribution in [1.82, 2.24) is 15.3 Å². The standard InChI is InChI=1S/C11H20N6O2/c1-13-8-6-9(16-11(12)15-8)17(2)7-10(18)14-4-5-19-3/h6H,4-5,7H2,1-3H3,(H,14,18)(H3,12,13,15,16). The first-order valence-electron chi connectivity index (χ1n) is 5.86. The number of ether oxygens (including phenoxy) is 1. The Hall–Kier alpha value is -2.09. The minimum Gasteiger partial charge on any atom is -0.383 e. The van der Waals surface area contributed by atoms with Crippen molar-refractivity contribution in [1.29, 1.82) is 0 Å². The lowest BCUT2D eigenvalue weighted by Crippen LogP contribution is -2.37. The van der Waals surface area contributed by atoms with Crippen LogP contribution in [0, 0.1) is 0 Å². The van der Waals surface area contributed by atoms with Crippen molar-refractivity contribution in [2.45, 2.75) is 0 Å². The van der Waals surface area contributed by atoms with Crippen molar-refractivity contribution in [2.75, 3.05) is 56.9 Å². The Kier molecular flexibility index (Phi) is 5.80. The molecule has 0 unspecified atom stereocenters. The van der Waals surface area contributed by atoms with Crippen LogP contribution in [0.25, 0.3) is 0 Å². The van der Waals surface area contributed by atoms with Crippen LogP contribution in [-0.4, -0.2) is 56.8 Å². The molecule has 1 aromatic rings. The van der Waals surface area contributed by atoms with Gasteiger partial charge in [0.05, 0.1) is 13.2 Å². The van der Waals surface area contributed by atoms with Crippen molar-refractivity contribution >= 4 is 23.5 Å². The van der Waals surface area contributed by atoms with E-state index in [1.54, 1.807) is 32.2 Å². The van der Waals surface area contributed by atoms with Crippen molar-refractivity contribution in [3.8, 4) is 0 Å². The first-order valence-corrected chi connectivity index (χ1v) is 5.86. The Morgan fingerprint density at radius 1 is 1.53 bits per heavy atom. The second-order valence-electron chi connectivity index (χ2n) is 3.92. The van der Waals surface area contributed by atoms with Crippen LogP contribution in [0.5, 0.6) is 0 Å². The number of hydrogen-bond donors (Lipinski definition) is 3. The maximum Gasteiger partial charge on any atom is 0.239 e. The van der Waals surface area contributed by atoms with Gasteiger partial charge in [0.1, 0.15) is 11.6 Å². The van der Waals surface area contributed by atoms with Gasteiger partial charge >= 0.3 is 0 Å². The highest BCUT2D eigenvalue weighted by molar-refractivity contribution is 5.81. The quantitative estimate of drug-likeness (QED) is 0.561. The van der Waals surface area contributed by atoms with Gasteiger partial charge in [-0.2, -0.15) is 9.97 Å². The number of hydrogen-bond acceptors (Lipinski definition) is 7. The monoisotopic (exact) mass is 268 g/mol. The molecular weight excluding hydrogens is 248 g/mol. The van der Waals surface area contributed by atoms with Gasteiger partial charge in [-0.05, 0) is 0 Å². The van der Waals surface area contributed by atoms with E-state index in [9.17, 15) is 4.79 Å². The molecule has 0 saturated heterocycles. The van der Waals surface area contributed by atoms with Crippen molar-refractivity contribution in [3.05, 3.63) is 6.07 Å². The van der Waals surface area contributed by atoms with Crippen LogP contribution in [0.4, 0.5) is 17.6 Å². The Morgan fingerprint density at radius 3 is 2.89 bits per heavy atom. The largest absolute Gasteiger partial charge is 0.383 e. The van der Waals surface area contributed by atoms with Gasteiger partial charge in [0.25, 0.3) is 0 Å². The number of amides is 1. The minimum atomic E-state index is -0.109. The van der Waals surface area contributed by atoms with Crippen LogP contribution in [0.3, 0.4) is 0 Å². The molecule has 0 spiro atoms. The van der Waals surface area contributed by atoms with Gasteiger partial charge in [-0.3, -0.25) is 4.79 Å². The first-order chi connectivity index (χ1) is 9.06. The molecule has 8 nitrogen and oxygen atoms in total. The summed E-state index contributed by atoms with van der Waals surface area (Å²) in [6.07, 6.45) is 0. The van der Waals surface area contributed by atoms with E-state index >= 15 is 0 Å². The third-order valence-electron chi connectivity index (χ3n) is 2.39. The van der Waals surface area contributed by atoms with Gasteiger partial charge in [-0.25, -0.2) is 0 Å². The zero-order valence-corrected chi connectivity index (χ0v) is 11.4. The summed E-state index contributed by atoms with van der Waals surface area (Å²) in [5.41, 5.74) is 5.60. The number of carbonyl (C=O) groups excluding carboxylic acids is 1. The second-order valence-corrected chi connectivity index (χ2v) is 3.92. The summed E-state index contributed by atoms with van der Waals surface area (Å²) in [5.74, 6) is 1.24. The number of likely N-dealkylation sites (N-methyl/N-ethyl adjacent to an activating group) is 1. The summed E-state index contributed by atoms with van der Waals surface area (Å²) < 4.78 is 4.85. The molecule has 0 aliphatic heterocycles. The fraction of sp³-hybridized carbons (Fsp3) is 0.545. The zero-order valence-electron chi connectivity index (χ0n) is 11.4. The molecule has 1 aromatic heterocycles. The molecule has 106 valence electrons. The molecule has 1 rings (SSSR count). The van der Waals surface area contributed by atoms with Crippen LogP contribution in [-0.2, 0) is 9.53 Å². The number of anilines is 3. The Labute approximate surface area is 112 Å². The smallest absolute Gasteiger partial charge is 0.239 e. The number of rotatable bonds is 7. The molecule has 0 aromatic carbocycles. The van der Waals surface area contributed by atoms with E-state index in [1.165, 1.54) is 0 Å². The third kappa shape index (κ3) is 4.96. The van der Waals surface area contributed by atoms with Crippen LogP contribution < -0.4 is 21.3 Å². The number of carbonyl (C=O) groups is 1. The average Bonchev–Trinajstić information content (AvgIpc) is 2.38. The lowest BCUT2D eigenvalue weighted by molar-refractivity contribution is -0.119. The normalized spacial score (nSPS) is 10.1. The van der Waals surface area contributed by atoms with E-state index in [2.05, 4.69) is 20.6 Å². The molecular formula is C11H20N6O2. The van der Waals surface area contributed by atoms with Crippen LogP contribution >= 0.6 is 0 Å². The Morgan fingerprint density at radius 2 is 2.26 bits per heavy atom. The number of methoxy groups -OCH3 is 1. The molecule has 0 fully saturated rings. The van der Waals surface area contributed by atoms with Gasteiger partial charge in [0.2, 0.25) is 11.9 Å². The SMILES string of the molecule is CNc1cc(N(C)CC(=O)NCCOC)nc(N)n1. The minimum absolute atomic E-state index is 0.109. The predicted octanol–water partition coefficient (Wildman–Crippen LogP) is -0.701. The fourth-order valence-electron chi connectivity index (χ4n) is 1.42. The number of nitrogens with one attached hydrogen (secondary N) is 2. The number of nitrogen functional groups attached to an aromatic ring is 1. The first kappa shape index (κ1) is 15.0. The highest BCUT2D eigenvalue weighted by atomic mass is 16.5. The van der Waals surface area contributed by atoms with Crippen molar-refractivity contribution in [3.63, 3.8) is 0 Å². The van der Waals surface area contributed by atoms with Gasteiger partial charge in [0, 0.05) is 33.8 Å². The second kappa shape index (κ2) is 7.37. The maximum atomic E-state index is 11.6. The summed E-state index contributed by atoms with van der Waals surface area (Å²) in [6, 6.07) is 1.72. The van der Waals surface area contributed by atoms with E-state index in [1.807, 2.05) is 0 Å². The Bertz CT molecular complexity index is 426. The van der Waals surface area contributed by atoms with E-state index in [0.717, 1.165) is 0 Å². The van der Waals surface area contributed by atoms with Gasteiger partial charge in [0.15, 0.2) is 0 Å². The van der Waals surface area contributed by atoms with Crippen LogP contribution in [0.1, 0.15) is 0 Å². The molecule has 1 heterocycles. The van der Waals surface area contributed by atoms with Gasteiger partial charge in [-0.15, -0.1) is 0 Å². The van der Waals surface area contributed by atoms with E-state index in [-0.39, 0.29) is 18.4 Å². The molecule has 0 bridgehead atoms. The highest BCUT2D eigenvalue weighted by Crippen LogP contribution is 2.14. The molecule has 0 aliphatic carbocycles. The molecule has 0 radical (unpaired) electrons. The van der Waals surface area contributed by atoms with Crippen molar-refractivity contribution < 1.29 is 9.53 Å². The summed E-state index contributed by atoms with van der Waals surface area (Å²) in [5, 5.41) is 5.61. The van der Waals surface area contributed by atoms with E-state index in [4.69, 9.17) is 10.5 Å². The lowest BCUT2D eigenvalue weighted by Gasteiger charge is -2.18. The Balaban J connectivity index is 2.59. The number of nitrogens with two attached hydrogens (primary N) is 1. The molecule has 8 heteroatoms. The summed E-state index contributed by atoms with van der Waals surface area (Å²) in [6.45, 7) is 1.15. The molecule has 1 amide bonds. The average molecular weight is 268 g/mol. The number of aromatic nitrogens is 2. The highest BCUT2D eigenvalue weighted by Gasteiger charge is 2.10. The number of nitrogens with zero attached hydrogens (tertiary/aromatic N) is 3. The lowest BCUT2D eigenvalue weighted by atomic mass is 10.4. The third-order valence-corrected chi connectivity index (χ3v) is 2.39. The topological polar surface area (TPSA) is 105 Å². The van der Waals surface area contributed by atoms with E-state index in [0.29, 0.717) is 24.8 Å². The summed E-state index contributed by atoms with van der Waals surface area (Å²) in [4.78, 5) is 21.4. The fourth-order valence-corrected chi connectivity index (χ4v) is 1.42. The molecule has 19 heavy (non-hydrogen) atoms. The summed E-state index contributed by atoms with van der Waals surface area (Å²) >= 11 is 0. The maximum absolute atomic E-state index is 11.6. The van der Waals surface area contributed by atoms with Crippen LogP contribution in [0.2, 0.25) is 0 Å².